The number of anilines is 1. The van der Waals surface area contributed by atoms with E-state index in [1.807, 2.05) is 24.3 Å². The number of rotatable bonds is 5. The number of nitrogens with one attached hydrogen (secondary N) is 2. The average Bonchev–Trinajstić information content (AvgIpc) is 2.62. The molecule has 0 aromatic heterocycles. The molecule has 5 nitrogen and oxygen atoms in total. The van der Waals surface area contributed by atoms with Gasteiger partial charge in [-0.15, -0.1) is 0 Å². The predicted molar refractivity (Wildman–Crippen MR) is 114 cm³/mol. The highest BCUT2D eigenvalue weighted by Gasteiger charge is 2.22. The number of hydrogen-bond acceptors (Lipinski definition) is 3. The maximum Gasteiger partial charge on any atom is 0.319 e. The van der Waals surface area contributed by atoms with Crippen molar-refractivity contribution in [3.05, 3.63) is 63.6 Å². The Morgan fingerprint density at radius 1 is 1.11 bits per heavy atom. The maximum atomic E-state index is 12.4. The maximum absolute atomic E-state index is 12.4. The van der Waals surface area contributed by atoms with Gasteiger partial charge < -0.3 is 15.4 Å². The van der Waals surface area contributed by atoms with Crippen LogP contribution in [-0.4, -0.2) is 36.2 Å². The Bertz CT molecular complexity index is 821. The molecule has 2 aromatic rings. The van der Waals surface area contributed by atoms with E-state index in [9.17, 15) is 4.79 Å². The number of carbonyl (C=O) groups is 1. The highest BCUT2D eigenvalue weighted by atomic mass is 35.5. The van der Waals surface area contributed by atoms with Crippen molar-refractivity contribution >= 4 is 34.9 Å². The van der Waals surface area contributed by atoms with Gasteiger partial charge in [0.15, 0.2) is 0 Å². The third-order valence-corrected chi connectivity index (χ3v) is 5.20. The first kappa shape index (κ1) is 20.9. The van der Waals surface area contributed by atoms with E-state index >= 15 is 0 Å². The van der Waals surface area contributed by atoms with E-state index < -0.39 is 0 Å². The Morgan fingerprint density at radius 3 is 2.54 bits per heavy atom. The molecule has 2 N–H and O–H groups in total. The minimum absolute atomic E-state index is 0.205. The summed E-state index contributed by atoms with van der Waals surface area (Å²) in [7, 11) is 0. The molecule has 2 atom stereocenters. The Kier molecular flexibility index (Phi) is 7.18. The molecule has 2 unspecified atom stereocenters. The molecule has 1 aliphatic heterocycles. The molecule has 28 heavy (non-hydrogen) atoms. The first-order chi connectivity index (χ1) is 13.4. The summed E-state index contributed by atoms with van der Waals surface area (Å²) in [6, 6.07) is 12.8. The number of halogens is 2. The number of para-hydroxylation sites is 1. The van der Waals surface area contributed by atoms with Gasteiger partial charge in [0, 0.05) is 41.9 Å². The summed E-state index contributed by atoms with van der Waals surface area (Å²) in [5.41, 5.74) is 2.68. The van der Waals surface area contributed by atoms with Gasteiger partial charge in [-0.25, -0.2) is 4.79 Å². The standard InChI is InChI=1S/C21H25Cl2N3O2/c1-14-11-26(12-15(2)28-14)13-17-5-3-4-6-20(17)25-21(27)24-10-16-7-8-18(22)9-19(16)23/h3-9,14-15H,10-13H2,1-2H3,(H2,24,25,27). The first-order valence-electron chi connectivity index (χ1n) is 9.35. The quantitative estimate of drug-likeness (QED) is 0.719. The van der Waals surface area contributed by atoms with Gasteiger partial charge in [0.2, 0.25) is 0 Å². The molecule has 0 aliphatic carbocycles. The number of carbonyl (C=O) groups excluding carboxylic acids is 1. The van der Waals surface area contributed by atoms with Crippen LogP contribution in [0.15, 0.2) is 42.5 Å². The molecule has 2 aromatic carbocycles. The van der Waals surface area contributed by atoms with E-state index in [4.69, 9.17) is 27.9 Å². The summed E-state index contributed by atoms with van der Waals surface area (Å²) in [5.74, 6) is 0. The van der Waals surface area contributed by atoms with Gasteiger partial charge >= 0.3 is 6.03 Å². The summed E-state index contributed by atoms with van der Waals surface area (Å²) in [4.78, 5) is 14.7. The van der Waals surface area contributed by atoms with E-state index in [-0.39, 0.29) is 18.2 Å². The molecule has 7 heteroatoms. The molecule has 3 rings (SSSR count). The minimum atomic E-state index is -0.276. The van der Waals surface area contributed by atoms with Gasteiger partial charge in [-0.05, 0) is 43.2 Å². The van der Waals surface area contributed by atoms with E-state index in [0.29, 0.717) is 16.6 Å². The smallest absolute Gasteiger partial charge is 0.319 e. The lowest BCUT2D eigenvalue weighted by Gasteiger charge is -2.35. The van der Waals surface area contributed by atoms with Crippen LogP contribution in [-0.2, 0) is 17.8 Å². The molecule has 1 aliphatic rings. The van der Waals surface area contributed by atoms with E-state index in [1.54, 1.807) is 18.2 Å². The van der Waals surface area contributed by atoms with Crippen LogP contribution >= 0.6 is 23.2 Å². The zero-order valence-electron chi connectivity index (χ0n) is 16.0. The Hall–Kier alpha value is -1.79. The van der Waals surface area contributed by atoms with E-state index in [2.05, 4.69) is 29.4 Å². The summed E-state index contributed by atoms with van der Waals surface area (Å²) in [6.07, 6.45) is 0.410. The fraction of sp³-hybridized carbons (Fsp3) is 0.381. The first-order valence-corrected chi connectivity index (χ1v) is 10.1. The van der Waals surface area contributed by atoms with Gasteiger partial charge in [0.1, 0.15) is 0 Å². The van der Waals surface area contributed by atoms with Crippen LogP contribution in [0.1, 0.15) is 25.0 Å². The van der Waals surface area contributed by atoms with Crippen molar-refractivity contribution in [3.8, 4) is 0 Å². The highest BCUT2D eigenvalue weighted by Crippen LogP contribution is 2.22. The normalized spacial score (nSPS) is 20.0. The number of benzene rings is 2. The molecule has 0 radical (unpaired) electrons. The van der Waals surface area contributed by atoms with Gasteiger partial charge in [-0.1, -0.05) is 47.5 Å². The molecule has 0 bridgehead atoms. The van der Waals surface area contributed by atoms with Crippen molar-refractivity contribution in [1.29, 1.82) is 0 Å². The van der Waals surface area contributed by atoms with Gasteiger partial charge in [0.25, 0.3) is 0 Å². The number of ether oxygens (including phenoxy) is 1. The van der Waals surface area contributed by atoms with Crippen LogP contribution in [0.2, 0.25) is 10.0 Å². The lowest BCUT2D eigenvalue weighted by atomic mass is 10.1. The third-order valence-electron chi connectivity index (χ3n) is 4.61. The molecule has 150 valence electrons. The van der Waals surface area contributed by atoms with E-state index in [0.717, 1.165) is 36.4 Å². The van der Waals surface area contributed by atoms with Crippen LogP contribution in [0.5, 0.6) is 0 Å². The zero-order chi connectivity index (χ0) is 20.1. The zero-order valence-corrected chi connectivity index (χ0v) is 17.6. The highest BCUT2D eigenvalue weighted by molar-refractivity contribution is 6.35. The second-order valence-corrected chi connectivity index (χ2v) is 8.00. The fourth-order valence-corrected chi connectivity index (χ4v) is 3.92. The number of hydrogen-bond donors (Lipinski definition) is 2. The van der Waals surface area contributed by atoms with E-state index in [1.165, 1.54) is 0 Å². The number of amides is 2. The van der Waals surface area contributed by atoms with Crippen LogP contribution in [0.4, 0.5) is 10.5 Å². The Labute approximate surface area is 176 Å². The van der Waals surface area contributed by atoms with Crippen molar-refractivity contribution in [1.82, 2.24) is 10.2 Å². The third kappa shape index (κ3) is 5.85. The molecule has 0 spiro atoms. The monoisotopic (exact) mass is 421 g/mol. The van der Waals surface area contributed by atoms with Crippen LogP contribution in [0.3, 0.4) is 0 Å². The lowest BCUT2D eigenvalue weighted by molar-refractivity contribution is -0.0704. The van der Waals surface area contributed by atoms with Crippen LogP contribution < -0.4 is 10.6 Å². The summed E-state index contributed by atoms with van der Waals surface area (Å²) < 4.78 is 5.80. The predicted octanol–water partition coefficient (Wildman–Crippen LogP) is 4.92. The Morgan fingerprint density at radius 2 is 1.82 bits per heavy atom. The van der Waals surface area contributed by atoms with Gasteiger partial charge in [0.05, 0.1) is 12.2 Å². The summed E-state index contributed by atoms with van der Waals surface area (Å²) in [6.45, 7) is 7.00. The van der Waals surface area contributed by atoms with Gasteiger partial charge in [-0.3, -0.25) is 4.90 Å². The van der Waals surface area contributed by atoms with Crippen molar-refractivity contribution in [2.75, 3.05) is 18.4 Å². The van der Waals surface area contributed by atoms with Crippen molar-refractivity contribution in [2.45, 2.75) is 39.1 Å². The SMILES string of the molecule is CC1CN(Cc2ccccc2NC(=O)NCc2ccc(Cl)cc2Cl)CC(C)O1. The molecule has 0 saturated carbocycles. The topological polar surface area (TPSA) is 53.6 Å². The van der Waals surface area contributed by atoms with Crippen molar-refractivity contribution in [3.63, 3.8) is 0 Å². The number of morpholine rings is 1. The fourth-order valence-electron chi connectivity index (χ4n) is 3.44. The van der Waals surface area contributed by atoms with Crippen molar-refractivity contribution < 1.29 is 9.53 Å². The second-order valence-electron chi connectivity index (χ2n) is 7.15. The largest absolute Gasteiger partial charge is 0.373 e. The molecular formula is C21H25Cl2N3O2. The number of nitrogens with zero attached hydrogens (tertiary/aromatic N) is 1. The second kappa shape index (κ2) is 9.61. The minimum Gasteiger partial charge on any atom is -0.373 e. The molecular weight excluding hydrogens is 397 g/mol. The lowest BCUT2D eigenvalue weighted by Crippen LogP contribution is -2.44. The van der Waals surface area contributed by atoms with Gasteiger partial charge in [-0.2, -0.15) is 0 Å². The summed E-state index contributed by atoms with van der Waals surface area (Å²) >= 11 is 12.1. The summed E-state index contributed by atoms with van der Waals surface area (Å²) in [5, 5.41) is 6.89. The van der Waals surface area contributed by atoms with Crippen LogP contribution in [0.25, 0.3) is 0 Å². The van der Waals surface area contributed by atoms with Crippen LogP contribution in [0, 0.1) is 0 Å². The number of urea groups is 1. The molecule has 1 saturated heterocycles. The molecule has 1 fully saturated rings. The average molecular weight is 422 g/mol. The molecule has 2 amide bonds. The van der Waals surface area contributed by atoms with Crippen molar-refractivity contribution in [2.24, 2.45) is 0 Å². The molecule has 1 heterocycles. The Balaban J connectivity index is 1.60.